The number of hydrogen-bond acceptors (Lipinski definition) is 5. The fraction of sp³-hybridized carbons (Fsp3) is 0.412. The minimum atomic E-state index is -0.234. The molecule has 130 valence electrons. The van der Waals surface area contributed by atoms with Crippen molar-refractivity contribution in [2.75, 3.05) is 11.9 Å². The maximum Gasteiger partial charge on any atom is 0.244 e. The first-order valence-electron chi connectivity index (χ1n) is 8.35. The molecule has 1 fully saturated rings. The van der Waals surface area contributed by atoms with E-state index in [2.05, 4.69) is 46.6 Å². The van der Waals surface area contributed by atoms with Crippen molar-refractivity contribution in [3.63, 3.8) is 0 Å². The topological polar surface area (TPSA) is 89.1 Å². The lowest BCUT2D eigenvalue weighted by atomic mass is 9.92. The molecular weight excluding hydrogens is 318 g/mol. The molecule has 1 saturated heterocycles. The number of amides is 1. The minimum absolute atomic E-state index is 0.0143. The molecule has 2 N–H and O–H groups in total. The van der Waals surface area contributed by atoms with Crippen molar-refractivity contribution < 1.29 is 4.79 Å². The maximum absolute atomic E-state index is 11.8. The molecule has 3 aromatic rings. The van der Waals surface area contributed by atoms with E-state index in [0.717, 1.165) is 23.3 Å². The third kappa shape index (κ3) is 2.84. The number of aromatic nitrogens is 5. The molecule has 1 atom stereocenters. The van der Waals surface area contributed by atoms with Crippen LogP contribution < -0.4 is 10.6 Å². The van der Waals surface area contributed by atoms with Crippen molar-refractivity contribution in [1.82, 2.24) is 29.7 Å². The Morgan fingerprint density at radius 1 is 1.36 bits per heavy atom. The van der Waals surface area contributed by atoms with E-state index in [1.54, 1.807) is 17.1 Å². The highest BCUT2D eigenvalue weighted by molar-refractivity contribution is 5.82. The highest BCUT2D eigenvalue weighted by Gasteiger charge is 2.26. The fourth-order valence-corrected chi connectivity index (χ4v) is 2.93. The van der Waals surface area contributed by atoms with Crippen molar-refractivity contribution in [2.24, 2.45) is 0 Å². The Labute approximate surface area is 145 Å². The Kier molecular flexibility index (Phi) is 3.48. The molecule has 0 saturated carbocycles. The average molecular weight is 339 g/mol. The zero-order valence-corrected chi connectivity index (χ0v) is 14.5. The highest BCUT2D eigenvalue weighted by atomic mass is 16.2. The normalized spacial score (nSPS) is 17.9. The van der Waals surface area contributed by atoms with Gasteiger partial charge < -0.3 is 10.6 Å². The fourth-order valence-electron chi connectivity index (χ4n) is 2.93. The Bertz CT molecular complexity index is 934. The smallest absolute Gasteiger partial charge is 0.244 e. The van der Waals surface area contributed by atoms with Crippen LogP contribution in [-0.4, -0.2) is 36.8 Å². The molecule has 1 unspecified atom stereocenters. The van der Waals surface area contributed by atoms with Gasteiger partial charge in [0.05, 0.1) is 17.6 Å². The molecule has 1 aliphatic rings. The SMILES string of the molecule is CC(C)(C)c1cc2c(Nc3cnn(C4CCNC4=O)c3)nccn2n1. The molecule has 4 rings (SSSR count). The number of nitrogens with one attached hydrogen (secondary N) is 2. The Hall–Kier alpha value is -2.90. The van der Waals surface area contributed by atoms with Crippen molar-refractivity contribution in [2.45, 2.75) is 38.6 Å². The largest absolute Gasteiger partial charge is 0.354 e. The molecule has 1 aliphatic heterocycles. The monoisotopic (exact) mass is 339 g/mol. The van der Waals surface area contributed by atoms with Crippen LogP contribution in [0.25, 0.3) is 5.52 Å². The van der Waals surface area contributed by atoms with Gasteiger partial charge in [0.25, 0.3) is 0 Å². The summed E-state index contributed by atoms with van der Waals surface area (Å²) in [5.74, 6) is 0.724. The van der Waals surface area contributed by atoms with Gasteiger partial charge in [0.15, 0.2) is 5.82 Å². The van der Waals surface area contributed by atoms with E-state index in [0.29, 0.717) is 12.4 Å². The molecule has 0 spiro atoms. The van der Waals surface area contributed by atoms with E-state index in [9.17, 15) is 4.79 Å². The Balaban J connectivity index is 1.64. The van der Waals surface area contributed by atoms with E-state index in [-0.39, 0.29) is 17.4 Å². The van der Waals surface area contributed by atoms with Gasteiger partial charge in [-0.15, -0.1) is 0 Å². The van der Waals surface area contributed by atoms with Gasteiger partial charge in [0.1, 0.15) is 11.6 Å². The number of carbonyl (C=O) groups excluding carboxylic acids is 1. The number of anilines is 2. The third-order valence-electron chi connectivity index (χ3n) is 4.36. The zero-order valence-electron chi connectivity index (χ0n) is 14.5. The summed E-state index contributed by atoms with van der Waals surface area (Å²) in [4.78, 5) is 16.2. The first kappa shape index (κ1) is 15.6. The standard InChI is InChI=1S/C17H21N7O/c1-17(2,3)14-8-13-15(18-6-7-23(13)22-14)21-11-9-20-24(10-11)12-4-5-19-16(12)25/h6-10,12H,4-5H2,1-3H3,(H,18,21)(H,19,25). The first-order chi connectivity index (χ1) is 11.9. The van der Waals surface area contributed by atoms with E-state index in [1.807, 2.05) is 23.0 Å². The Morgan fingerprint density at radius 2 is 2.20 bits per heavy atom. The lowest BCUT2D eigenvalue weighted by molar-refractivity contribution is -0.122. The molecule has 3 aromatic heterocycles. The summed E-state index contributed by atoms with van der Waals surface area (Å²) >= 11 is 0. The van der Waals surface area contributed by atoms with Gasteiger partial charge in [0, 0.05) is 30.6 Å². The molecule has 0 radical (unpaired) electrons. The summed E-state index contributed by atoms with van der Waals surface area (Å²) in [7, 11) is 0. The van der Waals surface area contributed by atoms with E-state index in [1.165, 1.54) is 0 Å². The first-order valence-corrected chi connectivity index (χ1v) is 8.35. The quantitative estimate of drug-likeness (QED) is 0.762. The van der Waals surface area contributed by atoms with Crippen LogP contribution in [0.1, 0.15) is 38.9 Å². The number of hydrogen-bond donors (Lipinski definition) is 2. The van der Waals surface area contributed by atoms with Gasteiger partial charge in [-0.2, -0.15) is 10.2 Å². The molecular formula is C17H21N7O. The van der Waals surface area contributed by atoms with Gasteiger partial charge in [-0.3, -0.25) is 9.48 Å². The summed E-state index contributed by atoms with van der Waals surface area (Å²) in [6.07, 6.45) is 7.84. The van der Waals surface area contributed by atoms with Crippen LogP contribution in [0.4, 0.5) is 11.5 Å². The summed E-state index contributed by atoms with van der Waals surface area (Å²) < 4.78 is 3.52. The van der Waals surface area contributed by atoms with Gasteiger partial charge in [-0.1, -0.05) is 20.8 Å². The van der Waals surface area contributed by atoms with Gasteiger partial charge in [-0.25, -0.2) is 9.50 Å². The zero-order chi connectivity index (χ0) is 17.6. The third-order valence-corrected chi connectivity index (χ3v) is 4.36. The molecule has 25 heavy (non-hydrogen) atoms. The van der Waals surface area contributed by atoms with Crippen molar-refractivity contribution >= 4 is 22.9 Å². The number of rotatable bonds is 3. The van der Waals surface area contributed by atoms with Crippen LogP contribution in [0.2, 0.25) is 0 Å². The van der Waals surface area contributed by atoms with E-state index in [4.69, 9.17) is 0 Å². The molecule has 1 amide bonds. The Morgan fingerprint density at radius 3 is 2.92 bits per heavy atom. The molecule has 8 nitrogen and oxygen atoms in total. The molecule has 4 heterocycles. The predicted octanol–water partition coefficient (Wildman–Crippen LogP) is 2.03. The summed E-state index contributed by atoms with van der Waals surface area (Å²) in [5, 5.41) is 15.0. The van der Waals surface area contributed by atoms with Crippen LogP contribution in [0.3, 0.4) is 0 Å². The van der Waals surface area contributed by atoms with E-state index < -0.39 is 0 Å². The lowest BCUT2D eigenvalue weighted by Crippen LogP contribution is -2.22. The second-order valence-corrected chi connectivity index (χ2v) is 7.31. The number of carbonyl (C=O) groups is 1. The van der Waals surface area contributed by atoms with Gasteiger partial charge in [0.2, 0.25) is 5.91 Å². The van der Waals surface area contributed by atoms with Crippen molar-refractivity contribution in [3.8, 4) is 0 Å². The molecule has 8 heteroatoms. The number of nitrogens with zero attached hydrogens (tertiary/aromatic N) is 5. The summed E-state index contributed by atoms with van der Waals surface area (Å²) in [6.45, 7) is 7.09. The van der Waals surface area contributed by atoms with Crippen molar-refractivity contribution in [3.05, 3.63) is 36.5 Å². The van der Waals surface area contributed by atoms with Gasteiger partial charge in [-0.05, 0) is 12.5 Å². The predicted molar refractivity (Wildman–Crippen MR) is 93.9 cm³/mol. The summed E-state index contributed by atoms with van der Waals surface area (Å²) in [5.41, 5.74) is 2.66. The maximum atomic E-state index is 11.8. The van der Waals surface area contributed by atoms with Crippen LogP contribution in [-0.2, 0) is 10.2 Å². The van der Waals surface area contributed by atoms with Crippen LogP contribution in [0.5, 0.6) is 0 Å². The van der Waals surface area contributed by atoms with Crippen LogP contribution >= 0.6 is 0 Å². The number of fused-ring (bicyclic) bond motifs is 1. The second kappa shape index (κ2) is 5.58. The highest BCUT2D eigenvalue weighted by Crippen LogP contribution is 2.26. The van der Waals surface area contributed by atoms with Gasteiger partial charge >= 0.3 is 0 Å². The lowest BCUT2D eigenvalue weighted by Gasteiger charge is -2.13. The minimum Gasteiger partial charge on any atom is -0.354 e. The van der Waals surface area contributed by atoms with E-state index >= 15 is 0 Å². The average Bonchev–Trinajstić information content (AvgIpc) is 3.25. The summed E-state index contributed by atoms with van der Waals surface area (Å²) in [6, 6.07) is 1.81. The van der Waals surface area contributed by atoms with Crippen LogP contribution in [0, 0.1) is 0 Å². The van der Waals surface area contributed by atoms with Crippen molar-refractivity contribution in [1.29, 1.82) is 0 Å². The molecule has 0 aliphatic carbocycles. The molecule has 0 bridgehead atoms. The molecule has 0 aromatic carbocycles. The second-order valence-electron chi connectivity index (χ2n) is 7.31. The van der Waals surface area contributed by atoms with Crippen LogP contribution in [0.15, 0.2) is 30.9 Å².